The summed E-state index contributed by atoms with van der Waals surface area (Å²) in [6, 6.07) is 19.1. The van der Waals surface area contributed by atoms with E-state index in [1.807, 2.05) is 22.9 Å². The van der Waals surface area contributed by atoms with Gasteiger partial charge in [-0.2, -0.15) is 0 Å². The molecule has 0 fully saturated rings. The molecule has 0 aromatic heterocycles. The van der Waals surface area contributed by atoms with Crippen molar-refractivity contribution < 1.29 is 26.7 Å². The zero-order valence-corrected chi connectivity index (χ0v) is 18.6. The fourth-order valence-electron chi connectivity index (χ4n) is 3.99. The molecule has 5 rings (SSSR count). The van der Waals surface area contributed by atoms with E-state index < -0.39 is 18.9 Å². The molecular formula is C27H18F5N3O. The second kappa shape index (κ2) is 9.41. The third kappa shape index (κ3) is 4.91. The number of aromatic nitrogens is 3. The molecule has 0 spiro atoms. The summed E-state index contributed by atoms with van der Waals surface area (Å²) in [6.45, 7) is -0.496. The van der Waals surface area contributed by atoms with Gasteiger partial charge in [0.2, 0.25) is 0 Å². The van der Waals surface area contributed by atoms with Crippen molar-refractivity contribution in [2.24, 2.45) is 0 Å². The average molecular weight is 495 g/mol. The Balaban J connectivity index is 1.38. The van der Waals surface area contributed by atoms with E-state index in [4.69, 9.17) is 0 Å². The fraction of sp³-hybridized carbons (Fsp3) is 0.111. The summed E-state index contributed by atoms with van der Waals surface area (Å²) < 4.78 is 71.6. The number of hydrogen-bond donors (Lipinski definition) is 0. The predicted molar refractivity (Wildman–Crippen MR) is 125 cm³/mol. The van der Waals surface area contributed by atoms with Crippen LogP contribution in [0.2, 0.25) is 0 Å². The number of alkyl halides is 4. The highest BCUT2D eigenvalue weighted by molar-refractivity contribution is 5.71. The van der Waals surface area contributed by atoms with Gasteiger partial charge in [0, 0.05) is 35.6 Å². The Bertz CT molecular complexity index is 1480. The Kier molecular flexibility index (Phi) is 6.13. The second-order valence-corrected chi connectivity index (χ2v) is 8.08. The maximum Gasteiger partial charge on any atom is 0.573 e. The number of benzene rings is 3. The van der Waals surface area contributed by atoms with E-state index in [-0.39, 0.29) is 17.1 Å². The lowest BCUT2D eigenvalue weighted by Crippen LogP contribution is -2.17. The van der Waals surface area contributed by atoms with Gasteiger partial charge in [-0.15, -0.1) is 13.2 Å². The Morgan fingerprint density at radius 3 is 2.28 bits per heavy atom. The maximum absolute atomic E-state index is 14.0. The van der Waals surface area contributed by atoms with Gasteiger partial charge in [-0.1, -0.05) is 54.6 Å². The van der Waals surface area contributed by atoms with Gasteiger partial charge in [-0.3, -0.25) is 0 Å². The van der Waals surface area contributed by atoms with E-state index >= 15 is 0 Å². The molecular weight excluding hydrogens is 477 g/mol. The minimum Gasteiger partial charge on any atom is -0.405 e. The normalized spacial score (nSPS) is 11.7. The molecule has 3 aromatic carbocycles. The molecule has 4 nitrogen and oxygen atoms in total. The van der Waals surface area contributed by atoms with Crippen LogP contribution in [0, 0.1) is 5.82 Å². The highest BCUT2D eigenvalue weighted by Gasteiger charge is 2.32. The van der Waals surface area contributed by atoms with Crippen molar-refractivity contribution in [1.29, 1.82) is 0 Å². The van der Waals surface area contributed by atoms with E-state index in [1.165, 1.54) is 24.3 Å². The molecule has 0 N–H and O–H groups in total. The fourth-order valence-corrected chi connectivity index (χ4v) is 3.99. The van der Waals surface area contributed by atoms with Crippen molar-refractivity contribution >= 4 is 0 Å². The largest absolute Gasteiger partial charge is 0.573 e. The highest BCUT2D eigenvalue weighted by Crippen LogP contribution is 2.34. The van der Waals surface area contributed by atoms with Crippen LogP contribution in [0.15, 0.2) is 85.2 Å². The summed E-state index contributed by atoms with van der Waals surface area (Å²) >= 11 is 0. The van der Waals surface area contributed by atoms with Crippen LogP contribution in [0.3, 0.4) is 0 Å². The summed E-state index contributed by atoms with van der Waals surface area (Å²) in [5.41, 5.74) is 3.21. The monoisotopic (exact) mass is 495 g/mol. The molecule has 2 aliphatic rings. The second-order valence-electron chi connectivity index (χ2n) is 8.08. The number of halogens is 5. The molecule has 3 aromatic rings. The molecule has 2 aliphatic heterocycles. The number of nitrogens with zero attached hydrogens (tertiary/aromatic N) is 3. The molecule has 0 radical (unpaired) electrons. The van der Waals surface area contributed by atoms with Crippen molar-refractivity contribution in [3.63, 3.8) is 0 Å². The number of rotatable bonds is 6. The first-order valence-electron chi connectivity index (χ1n) is 10.9. The Morgan fingerprint density at radius 2 is 1.53 bits per heavy atom. The topological polar surface area (TPSA) is 39.9 Å². The van der Waals surface area contributed by atoms with Gasteiger partial charge in [-0.25, -0.2) is 18.7 Å². The van der Waals surface area contributed by atoms with Gasteiger partial charge >= 0.3 is 6.36 Å². The van der Waals surface area contributed by atoms with Gasteiger partial charge in [0.1, 0.15) is 23.9 Å². The Hall–Kier alpha value is -4.27. The van der Waals surface area contributed by atoms with Crippen molar-refractivity contribution in [3.05, 3.63) is 102 Å². The molecule has 2 heterocycles. The van der Waals surface area contributed by atoms with E-state index in [1.54, 1.807) is 42.6 Å². The molecule has 0 unspecified atom stereocenters. The minimum absolute atomic E-state index is 0.0806. The minimum atomic E-state index is -4.78. The van der Waals surface area contributed by atoms with Crippen molar-refractivity contribution in [2.45, 2.75) is 19.6 Å². The Morgan fingerprint density at radius 1 is 0.806 bits per heavy atom. The molecule has 9 heteroatoms. The van der Waals surface area contributed by atoms with Crippen LogP contribution in [-0.4, -0.2) is 20.9 Å². The van der Waals surface area contributed by atoms with Gasteiger partial charge < -0.3 is 9.30 Å². The summed E-state index contributed by atoms with van der Waals surface area (Å²) in [7, 11) is 0. The Labute approximate surface area is 203 Å². The molecule has 0 bridgehead atoms. The van der Waals surface area contributed by atoms with Gasteiger partial charge in [-0.05, 0) is 29.3 Å². The smallest absolute Gasteiger partial charge is 0.405 e. The summed E-state index contributed by atoms with van der Waals surface area (Å²) in [5, 5.41) is 0. The number of para-hydroxylation sites is 1. The molecule has 0 saturated heterocycles. The standard InChI is InChI=1S/C27H18F5N3O/c28-14-21-20(5-3-6-22(21)29)26-33-23-12-13-35(16-24(23)34-26)15-17-8-10-18(11-9-17)19-4-1-2-7-25(19)36-27(30,31)32/h1-13,16H,14-15H2. The third-order valence-corrected chi connectivity index (χ3v) is 5.66. The third-order valence-electron chi connectivity index (χ3n) is 5.66. The lowest BCUT2D eigenvalue weighted by atomic mass is 10.0. The number of hydrogen-bond acceptors (Lipinski definition) is 3. The van der Waals surface area contributed by atoms with Crippen molar-refractivity contribution in [1.82, 2.24) is 14.5 Å². The van der Waals surface area contributed by atoms with Crippen molar-refractivity contribution in [3.8, 4) is 39.7 Å². The van der Waals surface area contributed by atoms with Gasteiger partial charge in [0.15, 0.2) is 5.82 Å². The van der Waals surface area contributed by atoms with Crippen LogP contribution in [-0.2, 0) is 13.2 Å². The first kappa shape index (κ1) is 23.5. The highest BCUT2D eigenvalue weighted by atomic mass is 19.4. The molecule has 182 valence electrons. The molecule has 0 atom stereocenters. The average Bonchev–Trinajstić information content (AvgIpc) is 3.27. The lowest BCUT2D eigenvalue weighted by molar-refractivity contribution is -0.274. The number of pyridine rings is 1. The van der Waals surface area contributed by atoms with Crippen LogP contribution in [0.1, 0.15) is 11.1 Å². The quantitative estimate of drug-likeness (QED) is 0.233. The first-order chi connectivity index (χ1) is 17.3. The van der Waals surface area contributed by atoms with E-state index in [2.05, 4.69) is 14.7 Å². The number of ether oxygens (including phenoxy) is 1. The predicted octanol–water partition coefficient (Wildman–Crippen LogP) is 7.27. The number of fused-ring (bicyclic) bond motifs is 1. The maximum atomic E-state index is 14.0. The van der Waals surface area contributed by atoms with Gasteiger partial charge in [0.25, 0.3) is 0 Å². The van der Waals surface area contributed by atoms with Crippen LogP contribution in [0.5, 0.6) is 5.75 Å². The van der Waals surface area contributed by atoms with Crippen LogP contribution >= 0.6 is 0 Å². The van der Waals surface area contributed by atoms with Crippen molar-refractivity contribution in [2.75, 3.05) is 0 Å². The summed E-state index contributed by atoms with van der Waals surface area (Å²) in [6.07, 6.45) is -1.19. The van der Waals surface area contributed by atoms with E-state index in [0.717, 1.165) is 5.56 Å². The summed E-state index contributed by atoms with van der Waals surface area (Å²) in [5.74, 6) is -0.661. The van der Waals surface area contributed by atoms with E-state index in [0.29, 0.717) is 34.6 Å². The summed E-state index contributed by atoms with van der Waals surface area (Å²) in [4.78, 5) is 8.87. The number of imidazole rings is 1. The molecule has 0 amide bonds. The lowest BCUT2D eigenvalue weighted by Gasteiger charge is -2.14. The molecule has 0 saturated carbocycles. The molecule has 0 aliphatic carbocycles. The zero-order chi connectivity index (χ0) is 25.3. The first-order valence-corrected chi connectivity index (χ1v) is 10.9. The SMILES string of the molecule is FCc1c(F)cccc1-c1nc2ccn(Cc3ccc(-c4ccccc4OC(F)(F)F)cc3)cc-2n1. The van der Waals surface area contributed by atoms with Crippen LogP contribution in [0.25, 0.3) is 33.9 Å². The van der Waals surface area contributed by atoms with Crippen LogP contribution < -0.4 is 4.74 Å². The van der Waals surface area contributed by atoms with Crippen LogP contribution in [0.4, 0.5) is 22.0 Å². The molecule has 36 heavy (non-hydrogen) atoms. The zero-order valence-electron chi connectivity index (χ0n) is 18.6. The van der Waals surface area contributed by atoms with E-state index in [9.17, 15) is 22.0 Å². The van der Waals surface area contributed by atoms with Gasteiger partial charge in [0.05, 0.1) is 5.69 Å².